The standard InChI is InChI=1S/C11H21NO2/c1-11(2,3)9-5-4-7-12(9)8-6-10(13)14/h9H,4-8H2,1-3H3,(H,13,14). The molecule has 1 aliphatic heterocycles. The van der Waals surface area contributed by atoms with Gasteiger partial charge in [-0.1, -0.05) is 20.8 Å². The second kappa shape index (κ2) is 4.30. The van der Waals surface area contributed by atoms with Crippen molar-refractivity contribution in [1.82, 2.24) is 4.90 Å². The third-order valence-electron chi connectivity index (χ3n) is 2.98. The highest BCUT2D eigenvalue weighted by atomic mass is 16.4. The molecule has 1 fully saturated rings. The van der Waals surface area contributed by atoms with Crippen LogP contribution in [0.4, 0.5) is 0 Å². The second-order valence-electron chi connectivity index (χ2n) is 5.20. The Labute approximate surface area is 86.1 Å². The van der Waals surface area contributed by atoms with E-state index in [1.165, 1.54) is 12.8 Å². The predicted octanol–water partition coefficient (Wildman–Crippen LogP) is 1.97. The van der Waals surface area contributed by atoms with Crippen molar-refractivity contribution in [2.24, 2.45) is 5.41 Å². The third kappa shape index (κ3) is 2.98. The smallest absolute Gasteiger partial charge is 0.304 e. The quantitative estimate of drug-likeness (QED) is 0.755. The van der Waals surface area contributed by atoms with Crippen molar-refractivity contribution in [3.63, 3.8) is 0 Å². The van der Waals surface area contributed by atoms with E-state index in [4.69, 9.17) is 5.11 Å². The minimum absolute atomic E-state index is 0.270. The van der Waals surface area contributed by atoms with Crippen LogP contribution in [0, 0.1) is 5.41 Å². The molecule has 0 amide bonds. The van der Waals surface area contributed by atoms with Crippen LogP contribution >= 0.6 is 0 Å². The summed E-state index contributed by atoms with van der Waals surface area (Å²) in [4.78, 5) is 12.8. The number of carboxylic acids is 1. The van der Waals surface area contributed by atoms with Gasteiger partial charge in [0.1, 0.15) is 0 Å². The van der Waals surface area contributed by atoms with Gasteiger partial charge in [0.05, 0.1) is 6.42 Å². The predicted molar refractivity (Wildman–Crippen MR) is 56.3 cm³/mol. The normalized spacial score (nSPS) is 24.1. The van der Waals surface area contributed by atoms with Gasteiger partial charge in [0.15, 0.2) is 0 Å². The number of carbonyl (C=O) groups is 1. The maximum absolute atomic E-state index is 10.5. The molecular formula is C11H21NO2. The van der Waals surface area contributed by atoms with E-state index in [-0.39, 0.29) is 11.8 Å². The molecule has 1 saturated heterocycles. The molecule has 1 atom stereocenters. The minimum atomic E-state index is -0.690. The molecule has 1 heterocycles. The Balaban J connectivity index is 2.47. The molecule has 14 heavy (non-hydrogen) atoms. The fourth-order valence-electron chi connectivity index (χ4n) is 2.31. The summed E-state index contributed by atoms with van der Waals surface area (Å²) in [5.74, 6) is -0.690. The molecule has 0 aromatic carbocycles. The lowest BCUT2D eigenvalue weighted by Gasteiger charge is -2.34. The van der Waals surface area contributed by atoms with Crippen molar-refractivity contribution in [2.75, 3.05) is 13.1 Å². The molecule has 1 N–H and O–H groups in total. The Morgan fingerprint density at radius 3 is 2.64 bits per heavy atom. The van der Waals surface area contributed by atoms with E-state index in [9.17, 15) is 4.79 Å². The molecule has 1 rings (SSSR count). The summed E-state index contributed by atoms with van der Waals surface area (Å²) in [7, 11) is 0. The molecule has 0 aliphatic carbocycles. The van der Waals surface area contributed by atoms with Crippen LogP contribution < -0.4 is 0 Å². The van der Waals surface area contributed by atoms with E-state index in [0.717, 1.165) is 6.54 Å². The number of hydrogen-bond donors (Lipinski definition) is 1. The van der Waals surface area contributed by atoms with Gasteiger partial charge >= 0.3 is 5.97 Å². The van der Waals surface area contributed by atoms with Gasteiger partial charge in [-0.2, -0.15) is 0 Å². The molecule has 0 bridgehead atoms. The highest BCUT2D eigenvalue weighted by molar-refractivity contribution is 5.66. The van der Waals surface area contributed by atoms with E-state index in [2.05, 4.69) is 25.7 Å². The van der Waals surface area contributed by atoms with Gasteiger partial charge in [-0.3, -0.25) is 9.69 Å². The van der Waals surface area contributed by atoms with Crippen molar-refractivity contribution < 1.29 is 9.90 Å². The molecule has 1 aliphatic rings. The first-order valence-electron chi connectivity index (χ1n) is 5.37. The van der Waals surface area contributed by atoms with Gasteiger partial charge in [0.25, 0.3) is 0 Å². The highest BCUT2D eigenvalue weighted by Gasteiger charge is 2.33. The average molecular weight is 199 g/mol. The van der Waals surface area contributed by atoms with Gasteiger partial charge in [0, 0.05) is 12.6 Å². The average Bonchev–Trinajstić information content (AvgIpc) is 2.46. The Morgan fingerprint density at radius 2 is 2.14 bits per heavy atom. The molecule has 3 nitrogen and oxygen atoms in total. The Morgan fingerprint density at radius 1 is 1.50 bits per heavy atom. The zero-order valence-corrected chi connectivity index (χ0v) is 9.42. The van der Waals surface area contributed by atoms with Crippen LogP contribution in [0.1, 0.15) is 40.0 Å². The summed E-state index contributed by atoms with van der Waals surface area (Å²) in [6, 6.07) is 0.557. The first-order chi connectivity index (χ1) is 6.41. The largest absolute Gasteiger partial charge is 0.481 e. The number of aliphatic carboxylic acids is 1. The molecule has 82 valence electrons. The van der Waals surface area contributed by atoms with Crippen molar-refractivity contribution >= 4 is 5.97 Å². The number of rotatable bonds is 3. The van der Waals surface area contributed by atoms with Gasteiger partial charge in [-0.05, 0) is 24.8 Å². The van der Waals surface area contributed by atoms with Crippen LogP contribution in [0.2, 0.25) is 0 Å². The Kier molecular flexibility index (Phi) is 3.53. The van der Waals surface area contributed by atoms with Crippen LogP contribution in [0.3, 0.4) is 0 Å². The lowest BCUT2D eigenvalue weighted by Crippen LogP contribution is -2.40. The zero-order valence-electron chi connectivity index (χ0n) is 9.42. The fraction of sp³-hybridized carbons (Fsp3) is 0.909. The fourth-order valence-corrected chi connectivity index (χ4v) is 2.31. The molecule has 3 heteroatoms. The molecule has 0 aromatic rings. The van der Waals surface area contributed by atoms with E-state index >= 15 is 0 Å². The third-order valence-corrected chi connectivity index (χ3v) is 2.98. The van der Waals surface area contributed by atoms with Gasteiger partial charge in [-0.15, -0.1) is 0 Å². The van der Waals surface area contributed by atoms with Crippen molar-refractivity contribution in [2.45, 2.75) is 46.1 Å². The van der Waals surface area contributed by atoms with Crippen molar-refractivity contribution in [1.29, 1.82) is 0 Å². The van der Waals surface area contributed by atoms with E-state index in [0.29, 0.717) is 12.6 Å². The van der Waals surface area contributed by atoms with Gasteiger partial charge in [0.2, 0.25) is 0 Å². The van der Waals surface area contributed by atoms with E-state index < -0.39 is 5.97 Å². The monoisotopic (exact) mass is 199 g/mol. The first kappa shape index (κ1) is 11.5. The molecule has 0 aromatic heterocycles. The first-order valence-corrected chi connectivity index (χ1v) is 5.37. The lowest BCUT2D eigenvalue weighted by atomic mass is 9.85. The molecule has 0 radical (unpaired) electrons. The SMILES string of the molecule is CC(C)(C)C1CCCN1CCC(=O)O. The van der Waals surface area contributed by atoms with Crippen molar-refractivity contribution in [3.05, 3.63) is 0 Å². The number of carboxylic acid groups (broad SMARTS) is 1. The number of nitrogens with zero attached hydrogens (tertiary/aromatic N) is 1. The maximum atomic E-state index is 10.5. The summed E-state index contributed by atoms with van der Waals surface area (Å²) >= 11 is 0. The Hall–Kier alpha value is -0.570. The van der Waals surface area contributed by atoms with Crippen LogP contribution in [0.25, 0.3) is 0 Å². The summed E-state index contributed by atoms with van der Waals surface area (Å²) in [6.45, 7) is 8.47. The van der Waals surface area contributed by atoms with Crippen LogP contribution in [0.5, 0.6) is 0 Å². The highest BCUT2D eigenvalue weighted by Crippen LogP contribution is 2.32. The van der Waals surface area contributed by atoms with E-state index in [1.54, 1.807) is 0 Å². The van der Waals surface area contributed by atoms with Crippen molar-refractivity contribution in [3.8, 4) is 0 Å². The maximum Gasteiger partial charge on any atom is 0.304 e. The minimum Gasteiger partial charge on any atom is -0.481 e. The van der Waals surface area contributed by atoms with E-state index in [1.807, 2.05) is 0 Å². The molecule has 0 saturated carbocycles. The number of hydrogen-bond acceptors (Lipinski definition) is 2. The summed E-state index contributed by atoms with van der Waals surface area (Å²) in [5, 5.41) is 8.64. The van der Waals surface area contributed by atoms with Crippen LogP contribution in [0.15, 0.2) is 0 Å². The zero-order chi connectivity index (χ0) is 10.8. The summed E-state index contributed by atoms with van der Waals surface area (Å²) in [6.07, 6.45) is 2.69. The van der Waals surface area contributed by atoms with Crippen LogP contribution in [-0.2, 0) is 4.79 Å². The van der Waals surface area contributed by atoms with Gasteiger partial charge < -0.3 is 5.11 Å². The molecular weight excluding hydrogens is 178 g/mol. The Bertz CT molecular complexity index is 208. The molecule has 1 unspecified atom stereocenters. The molecule has 0 spiro atoms. The van der Waals surface area contributed by atoms with Crippen LogP contribution in [-0.4, -0.2) is 35.1 Å². The second-order valence-corrected chi connectivity index (χ2v) is 5.20. The summed E-state index contributed by atoms with van der Waals surface area (Å²) < 4.78 is 0. The number of likely N-dealkylation sites (tertiary alicyclic amines) is 1. The van der Waals surface area contributed by atoms with Gasteiger partial charge in [-0.25, -0.2) is 0 Å². The topological polar surface area (TPSA) is 40.5 Å². The lowest BCUT2D eigenvalue weighted by molar-refractivity contribution is -0.137. The summed E-state index contributed by atoms with van der Waals surface area (Å²) in [5.41, 5.74) is 0.273.